The molecule has 0 amide bonds. The van der Waals surface area contributed by atoms with Crippen molar-refractivity contribution in [3.05, 3.63) is 30.1 Å². The Bertz CT molecular complexity index is 315. The van der Waals surface area contributed by atoms with Gasteiger partial charge in [0.05, 0.1) is 5.69 Å². The minimum absolute atomic E-state index is 0.374. The molecule has 1 N–H and O–H groups in total. The van der Waals surface area contributed by atoms with Crippen LogP contribution in [0.3, 0.4) is 0 Å². The number of nitrogens with zero attached hydrogens (tertiary/aromatic N) is 1. The zero-order valence-corrected chi connectivity index (χ0v) is 10.5. The number of hydrogen-bond donors (Lipinski definition) is 1. The summed E-state index contributed by atoms with van der Waals surface area (Å²) in [5, 5.41) is 3.65. The first kappa shape index (κ1) is 11.6. The van der Waals surface area contributed by atoms with Crippen molar-refractivity contribution in [1.82, 2.24) is 10.3 Å². The molecule has 16 heavy (non-hydrogen) atoms. The van der Waals surface area contributed by atoms with E-state index in [9.17, 15) is 0 Å². The lowest BCUT2D eigenvalue weighted by atomic mass is 9.73. The highest BCUT2D eigenvalue weighted by Gasteiger charge is 2.31. The second-order valence-electron chi connectivity index (χ2n) is 5.32. The van der Waals surface area contributed by atoms with Gasteiger partial charge in [-0.1, -0.05) is 19.9 Å². The maximum absolute atomic E-state index is 4.38. The molecule has 1 fully saturated rings. The van der Waals surface area contributed by atoms with Crippen LogP contribution in [0.1, 0.15) is 45.3 Å². The van der Waals surface area contributed by atoms with Crippen molar-refractivity contribution in [2.24, 2.45) is 11.8 Å². The minimum atomic E-state index is 0.374. The quantitative estimate of drug-likeness (QED) is 0.839. The van der Waals surface area contributed by atoms with Crippen LogP contribution in [-0.2, 0) is 0 Å². The first-order valence-corrected chi connectivity index (χ1v) is 6.33. The lowest BCUT2D eigenvalue weighted by Crippen LogP contribution is -2.44. The van der Waals surface area contributed by atoms with Crippen molar-refractivity contribution in [2.45, 2.75) is 45.7 Å². The Labute approximate surface area is 98.5 Å². The lowest BCUT2D eigenvalue weighted by Gasteiger charge is -2.40. The van der Waals surface area contributed by atoms with E-state index in [1.54, 1.807) is 0 Å². The first-order valence-electron chi connectivity index (χ1n) is 6.33. The summed E-state index contributed by atoms with van der Waals surface area (Å²) < 4.78 is 0. The molecule has 1 heterocycles. The van der Waals surface area contributed by atoms with Gasteiger partial charge in [0.25, 0.3) is 0 Å². The molecular formula is C14H22N2. The molecule has 88 valence electrons. The van der Waals surface area contributed by atoms with E-state index in [0.29, 0.717) is 12.1 Å². The normalized spacial score (nSPS) is 26.5. The largest absolute Gasteiger partial charge is 0.306 e. The molecule has 2 rings (SSSR count). The Hall–Kier alpha value is -0.890. The van der Waals surface area contributed by atoms with Crippen LogP contribution in [0.15, 0.2) is 24.4 Å². The van der Waals surface area contributed by atoms with Gasteiger partial charge < -0.3 is 5.32 Å². The molecule has 0 spiro atoms. The van der Waals surface area contributed by atoms with E-state index in [-0.39, 0.29) is 0 Å². The number of hydrogen-bond acceptors (Lipinski definition) is 2. The average molecular weight is 218 g/mol. The van der Waals surface area contributed by atoms with Gasteiger partial charge in [-0.15, -0.1) is 0 Å². The van der Waals surface area contributed by atoms with Crippen LogP contribution in [0.2, 0.25) is 0 Å². The molecular weight excluding hydrogens is 196 g/mol. The maximum Gasteiger partial charge on any atom is 0.0570 e. The topological polar surface area (TPSA) is 24.9 Å². The van der Waals surface area contributed by atoms with Gasteiger partial charge in [-0.05, 0) is 43.7 Å². The summed E-state index contributed by atoms with van der Waals surface area (Å²) >= 11 is 0. The molecule has 1 unspecified atom stereocenters. The van der Waals surface area contributed by atoms with Crippen molar-refractivity contribution in [3.8, 4) is 0 Å². The van der Waals surface area contributed by atoms with E-state index >= 15 is 0 Å². The van der Waals surface area contributed by atoms with Crippen molar-refractivity contribution in [2.75, 3.05) is 0 Å². The highest BCUT2D eigenvalue weighted by Crippen LogP contribution is 2.34. The zero-order valence-electron chi connectivity index (χ0n) is 10.5. The van der Waals surface area contributed by atoms with Crippen molar-refractivity contribution in [1.29, 1.82) is 0 Å². The van der Waals surface area contributed by atoms with Gasteiger partial charge in [-0.3, -0.25) is 4.98 Å². The third-order valence-electron chi connectivity index (χ3n) is 3.73. The van der Waals surface area contributed by atoms with Gasteiger partial charge in [-0.25, -0.2) is 0 Å². The molecule has 0 aliphatic heterocycles. The predicted octanol–water partition coefficient (Wildman–Crippen LogP) is 3.17. The summed E-state index contributed by atoms with van der Waals surface area (Å²) in [6, 6.07) is 7.19. The Morgan fingerprint density at radius 3 is 2.56 bits per heavy atom. The molecule has 1 atom stereocenters. The summed E-state index contributed by atoms with van der Waals surface area (Å²) in [6.45, 7) is 6.84. The molecule has 1 aromatic rings. The van der Waals surface area contributed by atoms with Crippen LogP contribution in [0.5, 0.6) is 0 Å². The summed E-state index contributed by atoms with van der Waals surface area (Å²) in [6.07, 6.45) is 4.52. The highest BCUT2D eigenvalue weighted by atomic mass is 15.0. The Balaban J connectivity index is 1.80. The van der Waals surface area contributed by atoms with Crippen LogP contribution in [0, 0.1) is 11.8 Å². The Kier molecular flexibility index (Phi) is 3.59. The van der Waals surface area contributed by atoms with Crippen LogP contribution in [0.25, 0.3) is 0 Å². The molecule has 0 aromatic carbocycles. The third kappa shape index (κ3) is 2.62. The van der Waals surface area contributed by atoms with Crippen LogP contribution >= 0.6 is 0 Å². The molecule has 1 saturated carbocycles. The monoisotopic (exact) mass is 218 g/mol. The summed E-state index contributed by atoms with van der Waals surface area (Å²) in [7, 11) is 0. The summed E-state index contributed by atoms with van der Waals surface area (Å²) in [5.74, 6) is 1.76. The zero-order chi connectivity index (χ0) is 11.5. The molecule has 0 radical (unpaired) electrons. The first-order chi connectivity index (χ1) is 7.66. The molecule has 1 aromatic heterocycles. The second kappa shape index (κ2) is 4.96. The van der Waals surface area contributed by atoms with Gasteiger partial charge in [0, 0.05) is 18.3 Å². The molecule has 1 aliphatic rings. The third-order valence-corrected chi connectivity index (χ3v) is 3.73. The van der Waals surface area contributed by atoms with Gasteiger partial charge in [0.1, 0.15) is 0 Å². The Morgan fingerprint density at radius 1 is 1.25 bits per heavy atom. The van der Waals surface area contributed by atoms with Crippen molar-refractivity contribution in [3.63, 3.8) is 0 Å². The molecule has 2 nitrogen and oxygen atoms in total. The van der Waals surface area contributed by atoms with E-state index in [4.69, 9.17) is 0 Å². The maximum atomic E-state index is 4.38. The van der Waals surface area contributed by atoms with E-state index in [0.717, 1.165) is 17.5 Å². The summed E-state index contributed by atoms with van der Waals surface area (Å²) in [5.41, 5.74) is 1.15. The molecule has 2 heteroatoms. The molecule has 0 bridgehead atoms. The van der Waals surface area contributed by atoms with Gasteiger partial charge >= 0.3 is 0 Å². The van der Waals surface area contributed by atoms with Crippen molar-refractivity contribution >= 4 is 0 Å². The van der Waals surface area contributed by atoms with Crippen LogP contribution in [-0.4, -0.2) is 11.0 Å². The highest BCUT2D eigenvalue weighted by molar-refractivity contribution is 5.08. The molecule has 0 saturated heterocycles. The predicted molar refractivity (Wildman–Crippen MR) is 67.1 cm³/mol. The lowest BCUT2D eigenvalue weighted by molar-refractivity contribution is 0.159. The van der Waals surface area contributed by atoms with Crippen LogP contribution < -0.4 is 5.32 Å². The number of nitrogens with one attached hydrogen (secondary N) is 1. The fourth-order valence-corrected chi connectivity index (χ4v) is 2.41. The van der Waals surface area contributed by atoms with E-state index in [1.165, 1.54) is 12.8 Å². The standard InChI is InChI=1S/C14H22N2/c1-10(2)12-8-13(9-12)16-11(3)14-6-4-5-7-15-14/h4-7,10-13,16H,8-9H2,1-3H3. The summed E-state index contributed by atoms with van der Waals surface area (Å²) in [4.78, 5) is 4.38. The Morgan fingerprint density at radius 2 is 2.00 bits per heavy atom. The SMILES string of the molecule is CC(NC1CC(C(C)C)C1)c1ccccn1. The number of aromatic nitrogens is 1. The fraction of sp³-hybridized carbons (Fsp3) is 0.643. The smallest absolute Gasteiger partial charge is 0.0570 e. The second-order valence-corrected chi connectivity index (χ2v) is 5.32. The van der Waals surface area contributed by atoms with Crippen LogP contribution in [0.4, 0.5) is 0 Å². The van der Waals surface area contributed by atoms with E-state index in [2.05, 4.69) is 43.2 Å². The number of rotatable bonds is 4. The minimum Gasteiger partial charge on any atom is -0.306 e. The molecule has 1 aliphatic carbocycles. The van der Waals surface area contributed by atoms with Gasteiger partial charge in [-0.2, -0.15) is 0 Å². The number of pyridine rings is 1. The fourth-order valence-electron chi connectivity index (χ4n) is 2.41. The van der Waals surface area contributed by atoms with Gasteiger partial charge in [0.2, 0.25) is 0 Å². The van der Waals surface area contributed by atoms with E-state index < -0.39 is 0 Å². The average Bonchev–Trinajstić information content (AvgIpc) is 2.23. The van der Waals surface area contributed by atoms with E-state index in [1.807, 2.05) is 12.3 Å². The van der Waals surface area contributed by atoms with Gasteiger partial charge in [0.15, 0.2) is 0 Å². The van der Waals surface area contributed by atoms with Crippen molar-refractivity contribution < 1.29 is 0 Å².